The van der Waals surface area contributed by atoms with Crippen molar-refractivity contribution in [2.45, 2.75) is 19.8 Å². The molecule has 0 aliphatic rings. The lowest BCUT2D eigenvalue weighted by atomic mass is 10.0. The summed E-state index contributed by atoms with van der Waals surface area (Å²) in [4.78, 5) is 0. The molecule has 0 atom stereocenters. The molecule has 0 unspecified atom stereocenters. The number of phenols is 1. The smallest absolute Gasteiger partial charge is 0.200 e. The van der Waals surface area contributed by atoms with E-state index in [1.54, 1.807) is 0 Å². The molecule has 0 bridgehead atoms. The number of rotatable bonds is 1. The van der Waals surface area contributed by atoms with Crippen LogP contribution in [0.3, 0.4) is 0 Å². The molecule has 0 heterocycles. The third kappa shape index (κ3) is 1.55. The summed E-state index contributed by atoms with van der Waals surface area (Å²) in [6, 6.07) is 2.34. The van der Waals surface area contributed by atoms with Crippen LogP contribution >= 0.6 is 0 Å². The first-order chi connectivity index (χ1) is 5.52. The molecule has 12 heavy (non-hydrogen) atoms. The molecule has 0 fully saturated rings. The van der Waals surface area contributed by atoms with Crippen LogP contribution in [-0.2, 0) is 0 Å². The van der Waals surface area contributed by atoms with Crippen LogP contribution < -0.4 is 0 Å². The molecule has 66 valence electrons. The summed E-state index contributed by atoms with van der Waals surface area (Å²) in [5, 5.41) is 8.91. The van der Waals surface area contributed by atoms with E-state index in [9.17, 15) is 8.78 Å². The Labute approximate surface area is 69.7 Å². The van der Waals surface area contributed by atoms with Crippen LogP contribution in [0.2, 0.25) is 0 Å². The van der Waals surface area contributed by atoms with Gasteiger partial charge in [-0.2, -0.15) is 4.39 Å². The second kappa shape index (κ2) is 3.09. The van der Waals surface area contributed by atoms with Gasteiger partial charge in [-0.3, -0.25) is 0 Å². The first-order valence-electron chi connectivity index (χ1n) is 3.70. The number of hydrogen-bond acceptors (Lipinski definition) is 1. The molecule has 0 amide bonds. The van der Waals surface area contributed by atoms with Crippen LogP contribution in [0, 0.1) is 11.6 Å². The largest absolute Gasteiger partial charge is 0.505 e. The van der Waals surface area contributed by atoms with Crippen LogP contribution in [0.1, 0.15) is 25.3 Å². The highest BCUT2D eigenvalue weighted by Gasteiger charge is 2.10. The van der Waals surface area contributed by atoms with Gasteiger partial charge in [0.1, 0.15) is 0 Å². The molecule has 0 aromatic heterocycles. The highest BCUT2D eigenvalue weighted by atomic mass is 19.2. The molecule has 0 aliphatic heterocycles. The summed E-state index contributed by atoms with van der Waals surface area (Å²) in [5.41, 5.74) is 0.589. The summed E-state index contributed by atoms with van der Waals surface area (Å²) in [6.07, 6.45) is 0. The first-order valence-corrected chi connectivity index (χ1v) is 3.70. The molecular weight excluding hydrogens is 162 g/mol. The van der Waals surface area contributed by atoms with Gasteiger partial charge in [0.05, 0.1) is 0 Å². The molecule has 1 aromatic carbocycles. The summed E-state index contributed by atoms with van der Waals surface area (Å²) in [7, 11) is 0. The SMILES string of the molecule is CC(C)c1cc(O)c(F)c(F)c1. The van der Waals surface area contributed by atoms with E-state index >= 15 is 0 Å². The van der Waals surface area contributed by atoms with E-state index in [4.69, 9.17) is 5.11 Å². The van der Waals surface area contributed by atoms with Crippen molar-refractivity contribution in [3.8, 4) is 5.75 Å². The fourth-order valence-corrected chi connectivity index (χ4v) is 0.928. The zero-order valence-corrected chi connectivity index (χ0v) is 6.94. The molecule has 1 N–H and O–H groups in total. The standard InChI is InChI=1S/C9H10F2O/c1-5(2)6-3-7(10)9(11)8(12)4-6/h3-5,12H,1-2H3. The highest BCUT2D eigenvalue weighted by Crippen LogP contribution is 2.24. The molecule has 0 spiro atoms. The van der Waals surface area contributed by atoms with E-state index in [1.165, 1.54) is 6.07 Å². The van der Waals surface area contributed by atoms with Gasteiger partial charge in [0.25, 0.3) is 0 Å². The average molecular weight is 172 g/mol. The molecule has 1 nitrogen and oxygen atoms in total. The topological polar surface area (TPSA) is 20.2 Å². The Hall–Kier alpha value is -1.12. The predicted octanol–water partition coefficient (Wildman–Crippen LogP) is 2.79. The molecule has 0 radical (unpaired) electrons. The summed E-state index contributed by atoms with van der Waals surface area (Å²) in [5.74, 6) is -2.73. The minimum absolute atomic E-state index is 0.0750. The molecule has 0 aliphatic carbocycles. The van der Waals surface area contributed by atoms with E-state index < -0.39 is 17.4 Å². The lowest BCUT2D eigenvalue weighted by molar-refractivity contribution is 0.405. The zero-order valence-electron chi connectivity index (χ0n) is 6.94. The molecule has 3 heteroatoms. The monoisotopic (exact) mass is 172 g/mol. The first kappa shape index (κ1) is 8.97. The molecule has 0 saturated heterocycles. The van der Waals surface area contributed by atoms with Crippen LogP contribution in [0.25, 0.3) is 0 Å². The predicted molar refractivity (Wildman–Crippen MR) is 42.1 cm³/mol. The fraction of sp³-hybridized carbons (Fsp3) is 0.333. The minimum atomic E-state index is -1.18. The average Bonchev–Trinajstić information content (AvgIpc) is 1.99. The molecular formula is C9H10F2O. The van der Waals surface area contributed by atoms with Crippen molar-refractivity contribution in [2.75, 3.05) is 0 Å². The Morgan fingerprint density at radius 1 is 1.25 bits per heavy atom. The molecule has 1 aromatic rings. The van der Waals surface area contributed by atoms with Gasteiger partial charge in [0, 0.05) is 0 Å². The third-order valence-electron chi connectivity index (χ3n) is 1.70. The van der Waals surface area contributed by atoms with Crippen molar-refractivity contribution in [1.82, 2.24) is 0 Å². The zero-order chi connectivity index (χ0) is 9.30. The third-order valence-corrected chi connectivity index (χ3v) is 1.70. The van der Waals surface area contributed by atoms with E-state index in [1.807, 2.05) is 13.8 Å². The Balaban J connectivity index is 3.21. The van der Waals surface area contributed by atoms with Gasteiger partial charge in [-0.05, 0) is 23.6 Å². The number of hydrogen-bond donors (Lipinski definition) is 1. The Morgan fingerprint density at radius 3 is 2.25 bits per heavy atom. The van der Waals surface area contributed by atoms with Crippen LogP contribution in [0.4, 0.5) is 8.78 Å². The summed E-state index contributed by atoms with van der Waals surface area (Å²) >= 11 is 0. The number of phenolic OH excluding ortho intramolecular Hbond substituents is 1. The number of benzene rings is 1. The Morgan fingerprint density at radius 2 is 1.83 bits per heavy atom. The van der Waals surface area contributed by atoms with E-state index in [-0.39, 0.29) is 5.92 Å². The van der Waals surface area contributed by atoms with Crippen molar-refractivity contribution in [3.63, 3.8) is 0 Å². The van der Waals surface area contributed by atoms with Gasteiger partial charge < -0.3 is 5.11 Å². The maximum atomic E-state index is 12.7. The fourth-order valence-electron chi connectivity index (χ4n) is 0.928. The highest BCUT2D eigenvalue weighted by molar-refractivity contribution is 5.31. The van der Waals surface area contributed by atoms with Crippen molar-refractivity contribution < 1.29 is 13.9 Å². The van der Waals surface area contributed by atoms with Crippen molar-refractivity contribution in [2.24, 2.45) is 0 Å². The maximum Gasteiger partial charge on any atom is 0.200 e. The lowest BCUT2D eigenvalue weighted by Crippen LogP contribution is -1.92. The molecule has 0 saturated carbocycles. The normalized spacial score (nSPS) is 10.8. The van der Waals surface area contributed by atoms with Crippen LogP contribution in [0.15, 0.2) is 12.1 Å². The Kier molecular flexibility index (Phi) is 2.31. The van der Waals surface area contributed by atoms with Crippen molar-refractivity contribution >= 4 is 0 Å². The van der Waals surface area contributed by atoms with E-state index in [2.05, 4.69) is 0 Å². The van der Waals surface area contributed by atoms with E-state index in [0.29, 0.717) is 5.56 Å². The molecule has 1 rings (SSSR count). The van der Waals surface area contributed by atoms with Gasteiger partial charge in [-0.25, -0.2) is 4.39 Å². The second-order valence-electron chi connectivity index (χ2n) is 2.99. The second-order valence-corrected chi connectivity index (χ2v) is 2.99. The van der Waals surface area contributed by atoms with E-state index in [0.717, 1.165) is 6.07 Å². The summed E-state index contributed by atoms with van der Waals surface area (Å²) < 4.78 is 25.2. The minimum Gasteiger partial charge on any atom is -0.505 e. The van der Waals surface area contributed by atoms with Gasteiger partial charge in [-0.1, -0.05) is 13.8 Å². The Bertz CT molecular complexity index is 272. The number of halogens is 2. The number of aromatic hydroxyl groups is 1. The van der Waals surface area contributed by atoms with Crippen LogP contribution in [0.5, 0.6) is 5.75 Å². The van der Waals surface area contributed by atoms with Crippen molar-refractivity contribution in [3.05, 3.63) is 29.3 Å². The van der Waals surface area contributed by atoms with Gasteiger partial charge >= 0.3 is 0 Å². The van der Waals surface area contributed by atoms with Crippen LogP contribution in [-0.4, -0.2) is 5.11 Å². The van der Waals surface area contributed by atoms with Gasteiger partial charge in [-0.15, -0.1) is 0 Å². The quantitative estimate of drug-likeness (QED) is 0.690. The maximum absolute atomic E-state index is 12.7. The van der Waals surface area contributed by atoms with Gasteiger partial charge in [0.15, 0.2) is 17.4 Å². The van der Waals surface area contributed by atoms with Crippen molar-refractivity contribution in [1.29, 1.82) is 0 Å². The summed E-state index contributed by atoms with van der Waals surface area (Å²) in [6.45, 7) is 3.68. The van der Waals surface area contributed by atoms with Gasteiger partial charge in [0.2, 0.25) is 0 Å². The lowest BCUT2D eigenvalue weighted by Gasteiger charge is -2.06.